The highest BCUT2D eigenvalue weighted by atomic mass is 19.1. The number of anilines is 1. The molecule has 0 aliphatic rings. The second-order valence-electron chi connectivity index (χ2n) is 2.34. The Morgan fingerprint density at radius 3 is 2.85 bits per heavy atom. The molecule has 1 aromatic rings. The van der Waals surface area contributed by atoms with Crippen LogP contribution in [0, 0.1) is 5.82 Å². The molecule has 1 rings (SSSR count). The summed E-state index contributed by atoms with van der Waals surface area (Å²) in [6.07, 6.45) is 0. The largest absolute Gasteiger partial charge is 0.546 e. The molecular weight excluding hydrogens is 177 g/mol. The highest BCUT2D eigenvalue weighted by Crippen LogP contribution is 2.17. The average molecular weight is 184 g/mol. The molecule has 0 saturated carbocycles. The summed E-state index contributed by atoms with van der Waals surface area (Å²) in [5, 5.41) is 9.97. The number of hydrogen-bond acceptors (Lipinski definition) is 4. The third-order valence-electron chi connectivity index (χ3n) is 1.33. The number of carbonyl (C=O) groups is 1. The van der Waals surface area contributed by atoms with E-state index in [4.69, 9.17) is 5.73 Å². The lowest BCUT2D eigenvalue weighted by atomic mass is 10.3. The number of rotatable bonds is 3. The number of aliphatic carboxylic acids is 1. The molecule has 4 nitrogen and oxygen atoms in total. The summed E-state index contributed by atoms with van der Waals surface area (Å²) in [6.45, 7) is -0.608. The van der Waals surface area contributed by atoms with Crippen LogP contribution in [0.5, 0.6) is 5.75 Å². The van der Waals surface area contributed by atoms with Gasteiger partial charge < -0.3 is 20.4 Å². The van der Waals surface area contributed by atoms with Crippen molar-refractivity contribution >= 4 is 11.7 Å². The lowest BCUT2D eigenvalue weighted by Gasteiger charge is -2.06. The molecule has 0 fully saturated rings. The van der Waals surface area contributed by atoms with Gasteiger partial charge in [-0.3, -0.25) is 0 Å². The van der Waals surface area contributed by atoms with E-state index in [9.17, 15) is 14.3 Å². The van der Waals surface area contributed by atoms with Crippen molar-refractivity contribution in [2.75, 3.05) is 12.3 Å². The first-order chi connectivity index (χ1) is 6.09. The van der Waals surface area contributed by atoms with Crippen molar-refractivity contribution in [1.29, 1.82) is 0 Å². The molecular formula is C8H7FNO3-. The summed E-state index contributed by atoms with van der Waals surface area (Å²) >= 11 is 0. The van der Waals surface area contributed by atoms with Gasteiger partial charge in [0.2, 0.25) is 0 Å². The van der Waals surface area contributed by atoms with Crippen LogP contribution in [0.2, 0.25) is 0 Å². The first-order valence-corrected chi connectivity index (χ1v) is 3.47. The lowest BCUT2D eigenvalue weighted by Crippen LogP contribution is -2.28. The van der Waals surface area contributed by atoms with Gasteiger partial charge in [0.15, 0.2) is 0 Å². The van der Waals surface area contributed by atoms with Crippen molar-refractivity contribution in [2.45, 2.75) is 0 Å². The molecule has 0 bridgehead atoms. The van der Waals surface area contributed by atoms with E-state index in [0.29, 0.717) is 0 Å². The van der Waals surface area contributed by atoms with Crippen LogP contribution in [-0.2, 0) is 4.79 Å². The fourth-order valence-electron chi connectivity index (χ4n) is 0.740. The van der Waals surface area contributed by atoms with Gasteiger partial charge in [-0.05, 0) is 12.1 Å². The summed E-state index contributed by atoms with van der Waals surface area (Å²) in [5.74, 6) is -1.90. The van der Waals surface area contributed by atoms with E-state index in [1.807, 2.05) is 0 Å². The molecule has 0 radical (unpaired) electrons. The number of benzene rings is 1. The minimum atomic E-state index is -1.36. The minimum Gasteiger partial charge on any atom is -0.546 e. The number of halogens is 1. The number of carbonyl (C=O) groups excluding carboxylic acids is 1. The molecule has 0 aliphatic heterocycles. The number of ether oxygens (including phenoxy) is 1. The highest BCUT2D eigenvalue weighted by Gasteiger charge is 2.00. The van der Waals surface area contributed by atoms with E-state index < -0.39 is 18.4 Å². The fourth-order valence-corrected chi connectivity index (χ4v) is 0.740. The van der Waals surface area contributed by atoms with Crippen molar-refractivity contribution in [3.63, 3.8) is 0 Å². The fraction of sp³-hybridized carbons (Fsp3) is 0.125. The third kappa shape index (κ3) is 2.62. The zero-order valence-electron chi connectivity index (χ0n) is 6.62. The Morgan fingerprint density at radius 1 is 1.62 bits per heavy atom. The molecule has 1 aromatic carbocycles. The molecule has 0 atom stereocenters. The molecule has 0 aromatic heterocycles. The predicted molar refractivity (Wildman–Crippen MR) is 41.3 cm³/mol. The van der Waals surface area contributed by atoms with Gasteiger partial charge in [0.1, 0.15) is 18.2 Å². The van der Waals surface area contributed by atoms with E-state index in [2.05, 4.69) is 4.74 Å². The smallest absolute Gasteiger partial charge is 0.149 e. The second-order valence-corrected chi connectivity index (χ2v) is 2.34. The maximum Gasteiger partial charge on any atom is 0.149 e. The molecule has 2 N–H and O–H groups in total. The van der Waals surface area contributed by atoms with E-state index in [1.165, 1.54) is 12.1 Å². The molecule has 0 saturated heterocycles. The molecule has 0 unspecified atom stereocenters. The summed E-state index contributed by atoms with van der Waals surface area (Å²) in [5.41, 5.74) is 5.17. The van der Waals surface area contributed by atoms with Crippen LogP contribution in [-0.4, -0.2) is 12.6 Å². The van der Waals surface area contributed by atoms with E-state index in [-0.39, 0.29) is 11.4 Å². The number of nitrogen functional groups attached to an aromatic ring is 1. The molecule has 70 valence electrons. The number of carboxylic acid groups (broad SMARTS) is 1. The van der Waals surface area contributed by atoms with Crippen molar-refractivity contribution < 1.29 is 19.0 Å². The normalized spacial score (nSPS) is 9.62. The van der Waals surface area contributed by atoms with Gasteiger partial charge in [-0.25, -0.2) is 4.39 Å². The van der Waals surface area contributed by atoms with Crippen molar-refractivity contribution in [3.05, 3.63) is 24.0 Å². The number of nitrogens with two attached hydrogens (primary N) is 1. The van der Waals surface area contributed by atoms with Crippen molar-refractivity contribution in [3.8, 4) is 5.75 Å². The van der Waals surface area contributed by atoms with Crippen LogP contribution in [0.25, 0.3) is 0 Å². The number of carboxylic acids is 1. The van der Waals surface area contributed by atoms with Gasteiger partial charge in [0, 0.05) is 6.07 Å². The molecule has 5 heteroatoms. The Morgan fingerprint density at radius 2 is 2.31 bits per heavy atom. The average Bonchev–Trinajstić information content (AvgIpc) is 2.07. The Hall–Kier alpha value is -1.78. The molecule has 0 spiro atoms. The molecule has 0 aliphatic carbocycles. The van der Waals surface area contributed by atoms with Crippen molar-refractivity contribution in [1.82, 2.24) is 0 Å². The first kappa shape index (κ1) is 9.31. The Kier molecular flexibility index (Phi) is 2.69. The van der Waals surface area contributed by atoms with Crippen LogP contribution in [0.4, 0.5) is 10.1 Å². The second kappa shape index (κ2) is 3.75. The summed E-state index contributed by atoms with van der Waals surface area (Å²) in [7, 11) is 0. The van der Waals surface area contributed by atoms with Crippen LogP contribution >= 0.6 is 0 Å². The minimum absolute atomic E-state index is 0.0131. The monoisotopic (exact) mass is 184 g/mol. The highest BCUT2D eigenvalue weighted by molar-refractivity contribution is 5.66. The van der Waals surface area contributed by atoms with E-state index in [1.54, 1.807) is 0 Å². The Balaban J connectivity index is 2.68. The van der Waals surface area contributed by atoms with Crippen LogP contribution in [0.1, 0.15) is 0 Å². The third-order valence-corrected chi connectivity index (χ3v) is 1.33. The first-order valence-electron chi connectivity index (χ1n) is 3.47. The van der Waals surface area contributed by atoms with Gasteiger partial charge >= 0.3 is 0 Å². The molecule has 13 heavy (non-hydrogen) atoms. The molecule has 0 amide bonds. The quantitative estimate of drug-likeness (QED) is 0.645. The van der Waals surface area contributed by atoms with E-state index >= 15 is 0 Å². The summed E-state index contributed by atoms with van der Waals surface area (Å²) in [6, 6.07) is 3.68. The Bertz CT molecular complexity index is 327. The topological polar surface area (TPSA) is 75.4 Å². The van der Waals surface area contributed by atoms with Gasteiger partial charge in [-0.15, -0.1) is 0 Å². The standard InChI is InChI=1S/C8H8FNO3/c9-6-3-5(1-2-7(6)10)13-4-8(11)12/h1-3H,4,10H2,(H,11,12)/p-1. The summed E-state index contributed by atoms with van der Waals surface area (Å²) in [4.78, 5) is 9.97. The van der Waals surface area contributed by atoms with Crippen molar-refractivity contribution in [2.24, 2.45) is 0 Å². The van der Waals surface area contributed by atoms with Gasteiger partial charge in [-0.2, -0.15) is 0 Å². The van der Waals surface area contributed by atoms with Gasteiger partial charge in [0.05, 0.1) is 11.7 Å². The van der Waals surface area contributed by atoms with Gasteiger partial charge in [0.25, 0.3) is 0 Å². The van der Waals surface area contributed by atoms with E-state index in [0.717, 1.165) is 6.07 Å². The molecule has 0 heterocycles. The zero-order valence-corrected chi connectivity index (χ0v) is 6.62. The lowest BCUT2D eigenvalue weighted by molar-refractivity contribution is -0.307. The van der Waals surface area contributed by atoms with Crippen LogP contribution < -0.4 is 15.6 Å². The Labute approximate surface area is 73.7 Å². The maximum absolute atomic E-state index is 12.7. The van der Waals surface area contributed by atoms with Gasteiger partial charge in [-0.1, -0.05) is 0 Å². The SMILES string of the molecule is Nc1ccc(OCC(=O)[O-])cc1F. The maximum atomic E-state index is 12.7. The van der Waals surface area contributed by atoms with Crippen LogP contribution in [0.3, 0.4) is 0 Å². The number of hydrogen-bond donors (Lipinski definition) is 1. The predicted octanol–water partition coefficient (Wildman–Crippen LogP) is -0.463. The summed E-state index contributed by atoms with van der Waals surface area (Å²) < 4.78 is 17.4. The zero-order chi connectivity index (χ0) is 9.84. The van der Waals surface area contributed by atoms with Crippen LogP contribution in [0.15, 0.2) is 18.2 Å².